The van der Waals surface area contributed by atoms with E-state index in [4.69, 9.17) is 0 Å². The van der Waals surface area contributed by atoms with Gasteiger partial charge in [-0.15, -0.1) is 0 Å². The zero-order chi connectivity index (χ0) is 8.15. The fourth-order valence-electron chi connectivity index (χ4n) is 0.618. The first-order chi connectivity index (χ1) is 4.57. The fourth-order valence-corrected chi connectivity index (χ4v) is 1.19. The Morgan fingerprint density at radius 1 is 1.50 bits per heavy atom. The Labute approximate surface area is 63.5 Å². The summed E-state index contributed by atoms with van der Waals surface area (Å²) in [6, 6.07) is 0. The van der Waals surface area contributed by atoms with Crippen molar-refractivity contribution in [3.05, 3.63) is 6.92 Å². The van der Waals surface area contributed by atoms with Crippen LogP contribution in [0, 0.1) is 12.8 Å². The summed E-state index contributed by atoms with van der Waals surface area (Å²) < 4.78 is 24.7. The van der Waals surface area contributed by atoms with Crippen molar-refractivity contribution in [2.45, 2.75) is 26.4 Å². The Morgan fingerprint density at radius 2 is 2.00 bits per heavy atom. The summed E-state index contributed by atoms with van der Waals surface area (Å²) >= 11 is 0. The molecule has 1 atom stereocenters. The van der Waals surface area contributed by atoms with Gasteiger partial charge in [-0.25, -0.2) is 8.42 Å². The smallest absolute Gasteiger partial charge is 0.257 e. The number of thiol groups is 1. The van der Waals surface area contributed by atoms with Gasteiger partial charge in [0.05, 0.1) is 6.10 Å². The van der Waals surface area contributed by atoms with Gasteiger partial charge in [0.25, 0.3) is 11.0 Å². The van der Waals surface area contributed by atoms with Gasteiger partial charge in [-0.3, -0.25) is 4.18 Å². The molecule has 0 N–H and O–H groups in total. The van der Waals surface area contributed by atoms with E-state index in [1.807, 2.05) is 13.8 Å². The van der Waals surface area contributed by atoms with Crippen LogP contribution in [0.25, 0.3) is 0 Å². The van der Waals surface area contributed by atoms with E-state index in [9.17, 15) is 8.42 Å². The van der Waals surface area contributed by atoms with Crippen molar-refractivity contribution in [3.8, 4) is 0 Å². The first-order valence-electron chi connectivity index (χ1n) is 3.18. The molecule has 10 heavy (non-hydrogen) atoms. The molecule has 3 nitrogen and oxygen atoms in total. The van der Waals surface area contributed by atoms with Crippen LogP contribution in [0.3, 0.4) is 0 Å². The van der Waals surface area contributed by atoms with Crippen LogP contribution in [-0.2, 0) is 15.2 Å². The minimum atomic E-state index is -2.72. The van der Waals surface area contributed by atoms with Crippen LogP contribution < -0.4 is 0 Å². The molecule has 0 fully saturated rings. The molecule has 0 aliphatic heterocycles. The Kier molecular flexibility index (Phi) is 4.64. The lowest BCUT2D eigenvalue weighted by atomic mass is 10.1. The third-order valence-corrected chi connectivity index (χ3v) is 1.69. The zero-order valence-corrected chi connectivity index (χ0v) is 7.14. The summed E-state index contributed by atoms with van der Waals surface area (Å²) in [5.74, 6) is 0.199. The quantitative estimate of drug-likeness (QED) is 0.626. The van der Waals surface area contributed by atoms with Crippen LogP contribution in [0.1, 0.15) is 20.3 Å². The van der Waals surface area contributed by atoms with Crippen molar-refractivity contribution in [2.75, 3.05) is 0 Å². The minimum absolute atomic E-state index is 0.199. The van der Waals surface area contributed by atoms with Gasteiger partial charge in [0.15, 0.2) is 0 Å². The summed E-state index contributed by atoms with van der Waals surface area (Å²) in [6.45, 7) is 7.36. The Balaban J connectivity index is 3.83. The molecule has 0 bridgehead atoms. The molecule has 0 aliphatic carbocycles. The van der Waals surface area contributed by atoms with Crippen LogP contribution in [0.2, 0.25) is 0 Å². The van der Waals surface area contributed by atoms with E-state index < -0.39 is 11.0 Å². The summed E-state index contributed by atoms with van der Waals surface area (Å²) in [6.07, 6.45) is 0.224. The number of hydrogen-bond acceptors (Lipinski definition) is 3. The summed E-state index contributed by atoms with van der Waals surface area (Å²) in [5.41, 5.74) is 0. The second kappa shape index (κ2) is 4.68. The zero-order valence-electron chi connectivity index (χ0n) is 6.24. The Hall–Kier alpha value is -0.0900. The van der Waals surface area contributed by atoms with E-state index in [-0.39, 0.29) is 12.0 Å². The molecular weight excluding hydrogens is 152 g/mol. The molecule has 0 amide bonds. The molecule has 0 aromatic heterocycles. The second-order valence-corrected chi connectivity index (χ2v) is 3.06. The maximum atomic E-state index is 10.1. The number of rotatable bonds is 4. The average molecular weight is 165 g/mol. The van der Waals surface area contributed by atoms with Crippen molar-refractivity contribution >= 4 is 11.0 Å². The fraction of sp³-hybridized carbons (Fsp3) is 0.833. The van der Waals surface area contributed by atoms with Crippen molar-refractivity contribution in [1.29, 1.82) is 0 Å². The molecule has 0 aliphatic rings. The van der Waals surface area contributed by atoms with Crippen LogP contribution in [0.15, 0.2) is 0 Å². The highest BCUT2D eigenvalue weighted by Crippen LogP contribution is 2.09. The van der Waals surface area contributed by atoms with Crippen molar-refractivity contribution in [3.63, 3.8) is 0 Å². The van der Waals surface area contributed by atoms with Crippen LogP contribution >= 0.6 is 0 Å². The highest BCUT2D eigenvalue weighted by atomic mass is 32.2. The Bertz CT molecular complexity index is 143. The molecule has 61 valence electrons. The maximum Gasteiger partial charge on any atom is 0.257 e. The lowest BCUT2D eigenvalue weighted by Crippen LogP contribution is -2.17. The molecule has 4 heteroatoms. The maximum absolute atomic E-state index is 10.1. The molecular formula is C6H13O3S. The molecule has 1 unspecified atom stereocenters. The minimum Gasteiger partial charge on any atom is -0.269 e. The van der Waals surface area contributed by atoms with E-state index in [1.165, 1.54) is 0 Å². The van der Waals surface area contributed by atoms with Gasteiger partial charge in [0.1, 0.15) is 0 Å². The van der Waals surface area contributed by atoms with Crippen molar-refractivity contribution in [2.24, 2.45) is 5.92 Å². The largest absolute Gasteiger partial charge is 0.269 e. The van der Waals surface area contributed by atoms with Gasteiger partial charge in [0, 0.05) is 0 Å². The molecule has 0 rings (SSSR count). The monoisotopic (exact) mass is 165 g/mol. The molecule has 0 saturated heterocycles. The van der Waals surface area contributed by atoms with Crippen molar-refractivity contribution < 1.29 is 12.6 Å². The van der Waals surface area contributed by atoms with Crippen LogP contribution in [0.5, 0.6) is 0 Å². The predicted octanol–water partition coefficient (Wildman–Crippen LogP) is 0.778. The molecule has 0 heterocycles. The lowest BCUT2D eigenvalue weighted by Gasteiger charge is -2.14. The molecule has 0 aromatic carbocycles. The van der Waals surface area contributed by atoms with E-state index >= 15 is 0 Å². The predicted molar refractivity (Wildman–Crippen MR) is 40.0 cm³/mol. The first-order valence-corrected chi connectivity index (χ1v) is 4.28. The highest BCUT2D eigenvalue weighted by molar-refractivity contribution is 7.67. The van der Waals surface area contributed by atoms with Gasteiger partial charge in [0.2, 0.25) is 0 Å². The van der Waals surface area contributed by atoms with Crippen molar-refractivity contribution in [1.82, 2.24) is 0 Å². The third-order valence-electron chi connectivity index (χ3n) is 1.25. The van der Waals surface area contributed by atoms with Gasteiger partial charge < -0.3 is 0 Å². The normalized spacial score (nSPS) is 14.5. The highest BCUT2D eigenvalue weighted by Gasteiger charge is 2.11. The molecule has 0 saturated carbocycles. The van der Waals surface area contributed by atoms with Gasteiger partial charge in [-0.2, -0.15) is 0 Å². The van der Waals surface area contributed by atoms with E-state index in [0.29, 0.717) is 6.42 Å². The summed E-state index contributed by atoms with van der Waals surface area (Å²) in [4.78, 5) is 0. The number of hydrogen-bond donors (Lipinski definition) is 1. The van der Waals surface area contributed by atoms with Gasteiger partial charge >= 0.3 is 0 Å². The summed E-state index contributed by atoms with van der Waals surface area (Å²) in [7, 11) is -2.72. The van der Waals surface area contributed by atoms with E-state index in [1.54, 1.807) is 0 Å². The molecule has 0 spiro atoms. The lowest BCUT2D eigenvalue weighted by molar-refractivity contribution is 0.169. The topological polar surface area (TPSA) is 43.4 Å². The third kappa shape index (κ3) is 3.85. The first kappa shape index (κ1) is 9.91. The van der Waals surface area contributed by atoms with E-state index in [0.717, 1.165) is 0 Å². The van der Waals surface area contributed by atoms with Gasteiger partial charge in [-0.1, -0.05) is 20.8 Å². The molecule has 0 aromatic rings. The standard InChI is InChI=1S/C6H13O3S/c1-4-6(5(2)3)9-10(7)8/h5-6,10H,1,4H2,2-3H3. The van der Waals surface area contributed by atoms with Crippen LogP contribution in [0.4, 0.5) is 0 Å². The average Bonchev–Trinajstić information content (AvgIpc) is 1.81. The second-order valence-electron chi connectivity index (χ2n) is 2.40. The SMILES string of the molecule is [CH2]CC(O[SH](=O)=O)C(C)C. The Morgan fingerprint density at radius 3 is 2.10 bits per heavy atom. The summed E-state index contributed by atoms with van der Waals surface area (Å²) in [5, 5.41) is 0. The van der Waals surface area contributed by atoms with E-state index in [2.05, 4.69) is 11.1 Å². The van der Waals surface area contributed by atoms with Gasteiger partial charge in [-0.05, 0) is 12.3 Å². The molecule has 1 radical (unpaired) electrons. The van der Waals surface area contributed by atoms with Crippen LogP contribution in [-0.4, -0.2) is 14.5 Å².